The van der Waals surface area contributed by atoms with Crippen molar-refractivity contribution in [2.24, 2.45) is 5.73 Å². The maximum absolute atomic E-state index is 13.8. The van der Waals surface area contributed by atoms with Gasteiger partial charge in [0.2, 0.25) is 0 Å². The van der Waals surface area contributed by atoms with Gasteiger partial charge < -0.3 is 10.5 Å². The van der Waals surface area contributed by atoms with Crippen LogP contribution in [0, 0.1) is 12.7 Å². The summed E-state index contributed by atoms with van der Waals surface area (Å²) in [7, 11) is 0. The Kier molecular flexibility index (Phi) is 5.17. The normalized spacial score (nSPS) is 19.4. The van der Waals surface area contributed by atoms with Crippen LogP contribution in [0.25, 0.3) is 0 Å². The van der Waals surface area contributed by atoms with Gasteiger partial charge in [-0.1, -0.05) is 30.3 Å². The third-order valence-electron chi connectivity index (χ3n) is 4.55. The molecule has 4 heteroatoms. The van der Waals surface area contributed by atoms with Gasteiger partial charge in [0.25, 0.3) is 0 Å². The van der Waals surface area contributed by atoms with Crippen molar-refractivity contribution in [3.63, 3.8) is 0 Å². The molecule has 1 heterocycles. The predicted octanol–water partition coefficient (Wildman–Crippen LogP) is 3.81. The Bertz CT molecular complexity index is 688. The summed E-state index contributed by atoms with van der Waals surface area (Å²) >= 11 is 0. The molecular weight excluding hydrogens is 303 g/mol. The number of benzene rings is 2. The van der Waals surface area contributed by atoms with E-state index in [0.717, 1.165) is 37.4 Å². The third-order valence-corrected chi connectivity index (χ3v) is 4.55. The van der Waals surface area contributed by atoms with Crippen molar-refractivity contribution < 1.29 is 9.13 Å². The van der Waals surface area contributed by atoms with E-state index in [0.29, 0.717) is 5.56 Å². The van der Waals surface area contributed by atoms with Crippen molar-refractivity contribution in [3.05, 3.63) is 65.0 Å². The highest BCUT2D eigenvalue weighted by atomic mass is 19.1. The molecule has 24 heavy (non-hydrogen) atoms. The van der Waals surface area contributed by atoms with Crippen LogP contribution in [0.2, 0.25) is 0 Å². The maximum atomic E-state index is 13.8. The molecule has 0 aromatic heterocycles. The first-order valence-corrected chi connectivity index (χ1v) is 8.51. The van der Waals surface area contributed by atoms with Gasteiger partial charge in [-0.25, -0.2) is 4.39 Å². The van der Waals surface area contributed by atoms with Gasteiger partial charge in [0.1, 0.15) is 17.7 Å². The quantitative estimate of drug-likeness (QED) is 0.907. The number of hydrogen-bond acceptors (Lipinski definition) is 3. The van der Waals surface area contributed by atoms with Crippen LogP contribution in [-0.4, -0.2) is 24.1 Å². The fraction of sp³-hybridized carbons (Fsp3) is 0.400. The number of nitrogens with two attached hydrogens (primary N) is 1. The van der Waals surface area contributed by atoms with Crippen molar-refractivity contribution in [1.29, 1.82) is 0 Å². The van der Waals surface area contributed by atoms with Crippen LogP contribution in [0.4, 0.5) is 4.39 Å². The van der Waals surface area contributed by atoms with Gasteiger partial charge in [-0.15, -0.1) is 0 Å². The Morgan fingerprint density at radius 1 is 1.29 bits per heavy atom. The highest BCUT2D eigenvalue weighted by molar-refractivity contribution is 5.40. The van der Waals surface area contributed by atoms with Gasteiger partial charge >= 0.3 is 0 Å². The molecule has 0 spiro atoms. The summed E-state index contributed by atoms with van der Waals surface area (Å²) < 4.78 is 20.0. The van der Waals surface area contributed by atoms with Crippen LogP contribution in [0.5, 0.6) is 5.75 Å². The minimum Gasteiger partial charge on any atom is -0.489 e. The van der Waals surface area contributed by atoms with Gasteiger partial charge in [0.05, 0.1) is 0 Å². The topological polar surface area (TPSA) is 38.5 Å². The number of halogens is 1. The molecule has 0 bridgehead atoms. The summed E-state index contributed by atoms with van der Waals surface area (Å²) in [5.74, 6) is 0.488. The largest absolute Gasteiger partial charge is 0.489 e. The zero-order valence-corrected chi connectivity index (χ0v) is 14.3. The molecule has 1 fully saturated rings. The highest BCUT2D eigenvalue weighted by Gasteiger charge is 2.25. The smallest absolute Gasteiger partial charge is 0.126 e. The SMILES string of the molecule is Cc1cc(OC2CCN(Cc3ccccc3)C2)c(C(C)N)cc1F. The molecule has 0 radical (unpaired) electrons. The van der Waals surface area contributed by atoms with E-state index in [1.165, 1.54) is 11.6 Å². The number of hydrogen-bond donors (Lipinski definition) is 1. The second-order valence-corrected chi connectivity index (χ2v) is 6.68. The molecule has 2 N–H and O–H groups in total. The molecule has 0 amide bonds. The Morgan fingerprint density at radius 2 is 2.04 bits per heavy atom. The Labute approximate surface area is 143 Å². The van der Waals surface area contributed by atoms with Gasteiger partial charge in [-0.2, -0.15) is 0 Å². The monoisotopic (exact) mass is 328 g/mol. The Balaban J connectivity index is 1.66. The molecule has 3 nitrogen and oxygen atoms in total. The zero-order chi connectivity index (χ0) is 17.1. The summed E-state index contributed by atoms with van der Waals surface area (Å²) in [5.41, 5.74) is 8.62. The second kappa shape index (κ2) is 7.32. The van der Waals surface area contributed by atoms with E-state index in [9.17, 15) is 4.39 Å². The fourth-order valence-electron chi connectivity index (χ4n) is 3.19. The number of ether oxygens (including phenoxy) is 1. The van der Waals surface area contributed by atoms with E-state index in [1.54, 1.807) is 13.0 Å². The molecule has 0 aliphatic carbocycles. The van der Waals surface area contributed by atoms with Crippen molar-refractivity contribution in [1.82, 2.24) is 4.90 Å². The first-order valence-electron chi connectivity index (χ1n) is 8.51. The van der Waals surface area contributed by atoms with Crippen molar-refractivity contribution >= 4 is 0 Å². The molecule has 128 valence electrons. The first kappa shape index (κ1) is 16.9. The molecular formula is C20H25FN2O. The van der Waals surface area contributed by atoms with Crippen molar-refractivity contribution in [2.45, 2.75) is 39.0 Å². The van der Waals surface area contributed by atoms with E-state index in [-0.39, 0.29) is 18.0 Å². The van der Waals surface area contributed by atoms with Gasteiger partial charge in [-0.3, -0.25) is 4.90 Å². The van der Waals surface area contributed by atoms with Crippen LogP contribution in [0.1, 0.15) is 36.1 Å². The van der Waals surface area contributed by atoms with Crippen molar-refractivity contribution in [3.8, 4) is 5.75 Å². The van der Waals surface area contributed by atoms with Crippen LogP contribution < -0.4 is 10.5 Å². The molecule has 0 saturated carbocycles. The van der Waals surface area contributed by atoms with Crippen LogP contribution in [-0.2, 0) is 6.54 Å². The lowest BCUT2D eigenvalue weighted by Crippen LogP contribution is -2.25. The minimum atomic E-state index is -0.253. The first-order chi connectivity index (χ1) is 11.5. The third kappa shape index (κ3) is 3.94. The average Bonchev–Trinajstić information content (AvgIpc) is 2.98. The Hall–Kier alpha value is -1.91. The lowest BCUT2D eigenvalue weighted by atomic mass is 10.0. The lowest BCUT2D eigenvalue weighted by molar-refractivity contribution is 0.195. The standard InChI is InChI=1S/C20H25FN2O/c1-14-10-20(18(15(2)22)11-19(14)21)24-17-8-9-23(13-17)12-16-6-4-3-5-7-16/h3-7,10-11,15,17H,8-9,12-13,22H2,1-2H3. The highest BCUT2D eigenvalue weighted by Crippen LogP contribution is 2.29. The number of likely N-dealkylation sites (tertiary alicyclic amines) is 1. The number of rotatable bonds is 5. The molecule has 3 rings (SSSR count). The van der Waals surface area contributed by atoms with Gasteiger partial charge in [-0.05, 0) is 43.5 Å². The van der Waals surface area contributed by atoms with Gasteiger partial charge in [0.15, 0.2) is 0 Å². The molecule has 1 aliphatic rings. The second-order valence-electron chi connectivity index (χ2n) is 6.68. The fourth-order valence-corrected chi connectivity index (χ4v) is 3.19. The summed E-state index contributed by atoms with van der Waals surface area (Å²) in [6.45, 7) is 6.43. The van der Waals surface area contributed by atoms with E-state index in [4.69, 9.17) is 10.5 Å². The number of aryl methyl sites for hydroxylation is 1. The van der Waals surface area contributed by atoms with Crippen LogP contribution >= 0.6 is 0 Å². The maximum Gasteiger partial charge on any atom is 0.126 e. The van der Waals surface area contributed by atoms with Crippen LogP contribution in [0.15, 0.2) is 42.5 Å². The Morgan fingerprint density at radius 3 is 2.75 bits per heavy atom. The minimum absolute atomic E-state index is 0.121. The molecule has 2 aromatic rings. The predicted molar refractivity (Wildman–Crippen MR) is 94.5 cm³/mol. The molecule has 2 aromatic carbocycles. The average molecular weight is 328 g/mol. The molecule has 1 saturated heterocycles. The summed E-state index contributed by atoms with van der Waals surface area (Å²) in [4.78, 5) is 2.39. The van der Waals surface area contributed by atoms with Crippen LogP contribution in [0.3, 0.4) is 0 Å². The lowest BCUT2D eigenvalue weighted by Gasteiger charge is -2.20. The van der Waals surface area contributed by atoms with E-state index >= 15 is 0 Å². The molecule has 2 unspecified atom stereocenters. The van der Waals surface area contributed by atoms with E-state index < -0.39 is 0 Å². The van der Waals surface area contributed by atoms with E-state index in [1.807, 2.05) is 13.0 Å². The van der Waals surface area contributed by atoms with Gasteiger partial charge in [0, 0.05) is 31.2 Å². The summed E-state index contributed by atoms with van der Waals surface area (Å²) in [6.07, 6.45) is 1.10. The van der Waals surface area contributed by atoms with E-state index in [2.05, 4.69) is 29.2 Å². The molecule has 2 atom stereocenters. The summed E-state index contributed by atoms with van der Waals surface area (Å²) in [5, 5.41) is 0. The summed E-state index contributed by atoms with van der Waals surface area (Å²) in [6, 6.07) is 13.5. The van der Waals surface area contributed by atoms with Crippen molar-refractivity contribution in [2.75, 3.05) is 13.1 Å². The zero-order valence-electron chi connectivity index (χ0n) is 14.3. The number of nitrogens with zero attached hydrogens (tertiary/aromatic N) is 1. The molecule has 1 aliphatic heterocycles.